The molecule has 38 heavy (non-hydrogen) atoms. The summed E-state index contributed by atoms with van der Waals surface area (Å²) in [4.78, 5) is 37.4. The molecule has 2 heterocycles. The molecule has 0 aliphatic carbocycles. The van der Waals surface area contributed by atoms with Crippen molar-refractivity contribution in [2.24, 2.45) is 0 Å². The number of nitrogens with one attached hydrogen (secondary N) is 2. The van der Waals surface area contributed by atoms with Crippen LogP contribution in [-0.4, -0.2) is 38.0 Å². The van der Waals surface area contributed by atoms with Crippen LogP contribution in [0, 0.1) is 0 Å². The number of thiazole rings is 1. The molecule has 0 radical (unpaired) electrons. The molecule has 12 heteroatoms. The minimum atomic E-state index is -1.17. The summed E-state index contributed by atoms with van der Waals surface area (Å²) in [5.41, 5.74) is 4.32. The average molecular weight is 578 g/mol. The van der Waals surface area contributed by atoms with Crippen molar-refractivity contribution in [2.75, 3.05) is 5.32 Å². The number of hydrogen-bond acceptors (Lipinski definition) is 7. The van der Waals surface area contributed by atoms with Crippen LogP contribution < -0.4 is 40.2 Å². The number of halogens is 2. The van der Waals surface area contributed by atoms with Gasteiger partial charge >= 0.3 is 35.5 Å². The van der Waals surface area contributed by atoms with Crippen LogP contribution in [0.25, 0.3) is 6.08 Å². The Kier molecular flexibility index (Phi) is 11.3. The van der Waals surface area contributed by atoms with E-state index in [1.807, 2.05) is 29.6 Å². The van der Waals surface area contributed by atoms with Crippen molar-refractivity contribution < 1.29 is 45.7 Å². The molecule has 4 rings (SSSR count). The number of benzene rings is 2. The molecule has 0 fully saturated rings. The topological polar surface area (TPSA) is 117 Å². The molecule has 0 aliphatic rings. The number of rotatable bonds is 10. The van der Waals surface area contributed by atoms with E-state index in [1.165, 1.54) is 23.5 Å². The SMILES string of the molecule is O=C(NC(C/C=C/c1ccc(NC(c2cscn2)c2ncccn2)cc1)C(=O)O)c1c(Cl)cccc1Cl.[H-].[Na+]. The summed E-state index contributed by atoms with van der Waals surface area (Å²) in [5.74, 6) is -1.21. The average Bonchev–Trinajstić information content (AvgIpc) is 3.42. The molecule has 2 unspecified atom stereocenters. The Balaban J connectivity index is 0.00000267. The Bertz CT molecular complexity index is 1380. The van der Waals surface area contributed by atoms with Gasteiger partial charge in [-0.3, -0.25) is 4.79 Å². The molecule has 8 nitrogen and oxygen atoms in total. The first-order chi connectivity index (χ1) is 17.9. The van der Waals surface area contributed by atoms with Gasteiger partial charge in [-0.05, 0) is 42.3 Å². The van der Waals surface area contributed by atoms with Crippen LogP contribution in [0.15, 0.2) is 77.9 Å². The monoisotopic (exact) mass is 577 g/mol. The Morgan fingerprint density at radius 2 is 1.71 bits per heavy atom. The largest absolute Gasteiger partial charge is 1.00 e. The second kappa shape index (κ2) is 14.4. The summed E-state index contributed by atoms with van der Waals surface area (Å²) >= 11 is 13.6. The fraction of sp³-hybridized carbons (Fsp3) is 0.115. The molecule has 0 spiro atoms. The number of aromatic nitrogens is 3. The molecule has 0 aliphatic heterocycles. The maximum absolute atomic E-state index is 12.6. The van der Waals surface area contributed by atoms with E-state index in [9.17, 15) is 14.7 Å². The number of carboxylic acids is 1. The smallest absolute Gasteiger partial charge is 1.00 e. The number of carboxylic acid groups (broad SMARTS) is 1. The maximum atomic E-state index is 12.6. The van der Waals surface area contributed by atoms with E-state index in [-0.39, 0.29) is 59.1 Å². The molecule has 0 bridgehead atoms. The summed E-state index contributed by atoms with van der Waals surface area (Å²) in [7, 11) is 0. The Morgan fingerprint density at radius 1 is 1.03 bits per heavy atom. The summed E-state index contributed by atoms with van der Waals surface area (Å²) in [5, 5.41) is 17.7. The second-order valence-corrected chi connectivity index (χ2v) is 9.35. The number of aliphatic carboxylic acids is 1. The number of carbonyl (C=O) groups is 2. The quantitative estimate of drug-likeness (QED) is 0.248. The maximum Gasteiger partial charge on any atom is 1.00 e. The molecule has 3 N–H and O–H groups in total. The molecule has 1 amide bonds. The zero-order valence-electron chi connectivity index (χ0n) is 21.2. The standard InChI is InChI=1S/C26H21Cl2N5O3S.Na.H/c27-18-5-2-6-19(28)22(18)25(34)33-20(26(35)36)7-1-4-16-8-10-17(11-9-16)32-23(21-14-37-15-31-21)24-29-12-3-13-30-24;;/h1-6,8-15,20,23,32H,7H2,(H,33,34)(H,35,36);;/q;+1;-1/b4-1+;;. The third-order valence-corrected chi connectivity index (χ3v) is 6.52. The summed E-state index contributed by atoms with van der Waals surface area (Å²) in [6.45, 7) is 0. The minimum Gasteiger partial charge on any atom is -1.00 e. The normalized spacial score (nSPS) is 12.4. The third kappa shape index (κ3) is 7.86. The molecule has 4 aromatic rings. The van der Waals surface area contributed by atoms with E-state index in [0.717, 1.165) is 16.9 Å². The van der Waals surface area contributed by atoms with E-state index in [4.69, 9.17) is 23.2 Å². The predicted octanol–water partition coefficient (Wildman–Crippen LogP) is 2.84. The molecule has 0 saturated heterocycles. The van der Waals surface area contributed by atoms with Gasteiger partial charge in [0.25, 0.3) is 5.91 Å². The van der Waals surface area contributed by atoms with Crippen molar-refractivity contribution in [1.82, 2.24) is 20.3 Å². The molecule has 2 atom stereocenters. The predicted molar refractivity (Wildman–Crippen MR) is 146 cm³/mol. The van der Waals surface area contributed by atoms with Gasteiger partial charge in [-0.1, -0.05) is 53.6 Å². The van der Waals surface area contributed by atoms with Crippen molar-refractivity contribution in [3.63, 3.8) is 0 Å². The van der Waals surface area contributed by atoms with E-state index in [1.54, 1.807) is 42.2 Å². The fourth-order valence-corrected chi connectivity index (χ4v) is 4.61. The molecule has 2 aromatic carbocycles. The first kappa shape index (κ1) is 29.8. The molecular formula is C26H22Cl2N5NaO3S. The number of carbonyl (C=O) groups excluding carboxylic acids is 1. The van der Waals surface area contributed by atoms with Gasteiger partial charge in [0.1, 0.15) is 12.1 Å². The summed E-state index contributed by atoms with van der Waals surface area (Å²) < 4.78 is 0. The van der Waals surface area contributed by atoms with Crippen LogP contribution in [-0.2, 0) is 4.79 Å². The van der Waals surface area contributed by atoms with Crippen LogP contribution in [0.1, 0.15) is 41.3 Å². The van der Waals surface area contributed by atoms with E-state index < -0.39 is 17.9 Å². The van der Waals surface area contributed by atoms with Crippen molar-refractivity contribution in [3.8, 4) is 0 Å². The van der Waals surface area contributed by atoms with Gasteiger partial charge in [0.2, 0.25) is 0 Å². The number of nitrogens with zero attached hydrogens (tertiary/aromatic N) is 3. The minimum absolute atomic E-state index is 0. The van der Waals surface area contributed by atoms with Gasteiger partial charge in [-0.15, -0.1) is 11.3 Å². The van der Waals surface area contributed by atoms with Crippen molar-refractivity contribution in [1.29, 1.82) is 0 Å². The van der Waals surface area contributed by atoms with Crippen molar-refractivity contribution >= 4 is 58.2 Å². The Labute approximate surface area is 256 Å². The molecule has 190 valence electrons. The number of hydrogen-bond donors (Lipinski definition) is 3. The van der Waals surface area contributed by atoms with Crippen LogP contribution in [0.5, 0.6) is 0 Å². The van der Waals surface area contributed by atoms with E-state index >= 15 is 0 Å². The van der Waals surface area contributed by atoms with Gasteiger partial charge in [-0.2, -0.15) is 0 Å². The number of amides is 1. The van der Waals surface area contributed by atoms with Crippen LogP contribution in [0.3, 0.4) is 0 Å². The van der Waals surface area contributed by atoms with Gasteiger partial charge in [0.15, 0.2) is 5.82 Å². The Hall–Kier alpha value is -2.79. The van der Waals surface area contributed by atoms with Gasteiger partial charge in [0, 0.05) is 23.5 Å². The zero-order chi connectivity index (χ0) is 26.2. The van der Waals surface area contributed by atoms with Crippen LogP contribution in [0.4, 0.5) is 5.69 Å². The molecule has 2 aromatic heterocycles. The van der Waals surface area contributed by atoms with Crippen LogP contribution in [0.2, 0.25) is 10.0 Å². The van der Waals surface area contributed by atoms with Gasteiger partial charge in [0.05, 0.1) is 26.8 Å². The Morgan fingerprint density at radius 3 is 2.32 bits per heavy atom. The summed E-state index contributed by atoms with van der Waals surface area (Å²) in [6.07, 6.45) is 6.92. The summed E-state index contributed by atoms with van der Waals surface area (Å²) in [6, 6.07) is 12.5. The number of anilines is 1. The fourth-order valence-electron chi connectivity index (χ4n) is 3.46. The van der Waals surface area contributed by atoms with Crippen molar-refractivity contribution in [2.45, 2.75) is 18.5 Å². The van der Waals surface area contributed by atoms with Crippen molar-refractivity contribution in [3.05, 3.63) is 111 Å². The van der Waals surface area contributed by atoms with E-state index in [0.29, 0.717) is 5.82 Å². The zero-order valence-corrected chi connectivity index (χ0v) is 24.5. The van der Waals surface area contributed by atoms with Gasteiger partial charge in [-0.25, -0.2) is 19.7 Å². The van der Waals surface area contributed by atoms with Crippen LogP contribution >= 0.6 is 34.5 Å². The second-order valence-electron chi connectivity index (χ2n) is 7.82. The molecular weight excluding hydrogens is 556 g/mol. The van der Waals surface area contributed by atoms with Gasteiger partial charge < -0.3 is 17.2 Å². The third-order valence-electron chi connectivity index (χ3n) is 5.29. The first-order valence-corrected chi connectivity index (χ1v) is 12.8. The first-order valence-electron chi connectivity index (χ1n) is 11.1. The van der Waals surface area contributed by atoms with E-state index in [2.05, 4.69) is 25.6 Å². The molecule has 0 saturated carbocycles.